The summed E-state index contributed by atoms with van der Waals surface area (Å²) in [5.74, 6) is -0.288. The molecule has 1 unspecified atom stereocenters. The van der Waals surface area contributed by atoms with E-state index in [2.05, 4.69) is 16.4 Å². The Morgan fingerprint density at radius 2 is 2.43 bits per heavy atom. The van der Waals surface area contributed by atoms with E-state index in [1.807, 2.05) is 6.07 Å². The number of aromatic nitrogens is 1. The van der Waals surface area contributed by atoms with Gasteiger partial charge >= 0.3 is 0 Å². The lowest BCUT2D eigenvalue weighted by atomic mass is 9.94. The van der Waals surface area contributed by atoms with Gasteiger partial charge in [-0.2, -0.15) is 5.26 Å². The predicted octanol–water partition coefficient (Wildman–Crippen LogP) is 2.52. The van der Waals surface area contributed by atoms with Crippen molar-refractivity contribution in [3.63, 3.8) is 0 Å². The summed E-state index contributed by atoms with van der Waals surface area (Å²) in [5, 5.41) is 22.4. The van der Waals surface area contributed by atoms with Crippen LogP contribution in [0, 0.1) is 11.3 Å². The summed E-state index contributed by atoms with van der Waals surface area (Å²) in [7, 11) is 0. The molecule has 2 heterocycles. The molecular formula is C17H15N3O2S. The number of aliphatic hydroxyl groups is 1. The molecule has 116 valence electrons. The second-order valence-corrected chi connectivity index (χ2v) is 6.43. The molecule has 3 rings (SSSR count). The zero-order valence-corrected chi connectivity index (χ0v) is 13.1. The molecule has 0 spiro atoms. The number of nitrogens with zero attached hydrogens (tertiary/aromatic N) is 2. The van der Waals surface area contributed by atoms with Gasteiger partial charge in [-0.1, -0.05) is 6.07 Å². The van der Waals surface area contributed by atoms with Crippen molar-refractivity contribution in [2.24, 2.45) is 0 Å². The fourth-order valence-corrected chi connectivity index (χ4v) is 3.85. The molecule has 1 aliphatic rings. The molecule has 23 heavy (non-hydrogen) atoms. The van der Waals surface area contributed by atoms with E-state index < -0.39 is 0 Å². The number of thiophene rings is 1. The van der Waals surface area contributed by atoms with E-state index in [4.69, 9.17) is 0 Å². The number of nitrogens with one attached hydrogen (secondary N) is 1. The third kappa shape index (κ3) is 3.47. The minimum Gasteiger partial charge on any atom is -0.393 e. The van der Waals surface area contributed by atoms with Gasteiger partial charge in [0.25, 0.3) is 0 Å². The number of rotatable bonds is 3. The highest BCUT2D eigenvalue weighted by Crippen LogP contribution is 2.37. The van der Waals surface area contributed by atoms with Gasteiger partial charge in [0.1, 0.15) is 11.1 Å². The molecule has 0 radical (unpaired) electrons. The number of nitriles is 1. The lowest BCUT2D eigenvalue weighted by molar-refractivity contribution is -0.111. The van der Waals surface area contributed by atoms with Crippen molar-refractivity contribution >= 4 is 28.3 Å². The molecule has 0 aliphatic heterocycles. The topological polar surface area (TPSA) is 86.0 Å². The summed E-state index contributed by atoms with van der Waals surface area (Å²) < 4.78 is 0. The van der Waals surface area contributed by atoms with Crippen LogP contribution in [0.5, 0.6) is 0 Å². The van der Waals surface area contributed by atoms with Crippen LogP contribution in [0.15, 0.2) is 30.6 Å². The smallest absolute Gasteiger partial charge is 0.249 e. The lowest BCUT2D eigenvalue weighted by Gasteiger charge is -2.16. The first-order valence-electron chi connectivity index (χ1n) is 7.29. The molecule has 0 saturated heterocycles. The monoisotopic (exact) mass is 325 g/mol. The van der Waals surface area contributed by atoms with Gasteiger partial charge in [0, 0.05) is 29.8 Å². The Kier molecular flexibility index (Phi) is 4.51. The Balaban J connectivity index is 1.77. The molecule has 0 bridgehead atoms. The van der Waals surface area contributed by atoms with Gasteiger partial charge in [-0.3, -0.25) is 9.78 Å². The number of hydrogen-bond acceptors (Lipinski definition) is 5. The molecule has 0 fully saturated rings. The zero-order chi connectivity index (χ0) is 16.2. The molecule has 1 aliphatic carbocycles. The Labute approximate surface area is 137 Å². The van der Waals surface area contributed by atoms with E-state index in [0.717, 1.165) is 16.0 Å². The maximum atomic E-state index is 12.1. The van der Waals surface area contributed by atoms with Gasteiger partial charge in [-0.15, -0.1) is 11.3 Å². The molecule has 1 atom stereocenters. The third-order valence-electron chi connectivity index (χ3n) is 3.70. The van der Waals surface area contributed by atoms with E-state index in [-0.39, 0.29) is 12.0 Å². The van der Waals surface area contributed by atoms with Gasteiger partial charge in [-0.25, -0.2) is 0 Å². The summed E-state index contributed by atoms with van der Waals surface area (Å²) in [6, 6.07) is 5.82. The van der Waals surface area contributed by atoms with Crippen molar-refractivity contribution in [2.45, 2.75) is 25.4 Å². The van der Waals surface area contributed by atoms with Crippen molar-refractivity contribution in [2.75, 3.05) is 5.32 Å². The van der Waals surface area contributed by atoms with Crippen molar-refractivity contribution in [1.82, 2.24) is 4.98 Å². The quantitative estimate of drug-likeness (QED) is 0.849. The first kappa shape index (κ1) is 15.4. The molecule has 1 amide bonds. The van der Waals surface area contributed by atoms with Crippen molar-refractivity contribution in [1.29, 1.82) is 5.26 Å². The first-order chi connectivity index (χ1) is 11.2. The standard InChI is InChI=1S/C17H15N3O2S/c18-9-14-13-5-4-12(21)8-15(13)23-17(14)20-16(22)6-3-11-2-1-7-19-10-11/h1-3,6-7,10,12,21H,4-5,8H2,(H,20,22)/b6-3+. The van der Waals surface area contributed by atoms with E-state index in [1.165, 1.54) is 17.4 Å². The molecule has 0 saturated carbocycles. The predicted molar refractivity (Wildman–Crippen MR) is 89.0 cm³/mol. The second-order valence-electron chi connectivity index (χ2n) is 5.33. The van der Waals surface area contributed by atoms with Crippen molar-refractivity contribution < 1.29 is 9.90 Å². The van der Waals surface area contributed by atoms with Crippen LogP contribution in [0.4, 0.5) is 5.00 Å². The number of amides is 1. The molecule has 0 aromatic carbocycles. The van der Waals surface area contributed by atoms with Crippen molar-refractivity contribution in [3.8, 4) is 6.07 Å². The number of carbonyl (C=O) groups excluding carboxylic acids is 1. The maximum Gasteiger partial charge on any atom is 0.249 e. The molecule has 2 aromatic heterocycles. The number of carbonyl (C=O) groups is 1. The van der Waals surface area contributed by atoms with Crippen LogP contribution in [0.1, 0.15) is 28.0 Å². The molecule has 2 N–H and O–H groups in total. The normalized spacial score (nSPS) is 16.8. The van der Waals surface area contributed by atoms with Crippen LogP contribution in [0.25, 0.3) is 6.08 Å². The Morgan fingerprint density at radius 3 is 3.17 bits per heavy atom. The zero-order valence-electron chi connectivity index (χ0n) is 12.3. The van der Waals surface area contributed by atoms with Gasteiger partial charge in [0.05, 0.1) is 11.7 Å². The average molecular weight is 325 g/mol. The summed E-state index contributed by atoms with van der Waals surface area (Å²) in [4.78, 5) is 17.0. The van der Waals surface area contributed by atoms with Crippen LogP contribution >= 0.6 is 11.3 Å². The van der Waals surface area contributed by atoms with E-state index in [1.54, 1.807) is 24.5 Å². The molecule has 5 nitrogen and oxygen atoms in total. The van der Waals surface area contributed by atoms with Crippen LogP contribution in [-0.2, 0) is 17.6 Å². The van der Waals surface area contributed by atoms with E-state index in [0.29, 0.717) is 29.8 Å². The summed E-state index contributed by atoms with van der Waals surface area (Å²) in [6.07, 6.45) is 7.95. The second kappa shape index (κ2) is 6.73. The molecular weight excluding hydrogens is 310 g/mol. The average Bonchev–Trinajstić information content (AvgIpc) is 2.89. The fraction of sp³-hybridized carbons (Fsp3) is 0.235. The summed E-state index contributed by atoms with van der Waals surface area (Å²) in [5.41, 5.74) is 2.33. The van der Waals surface area contributed by atoms with Crippen molar-refractivity contribution in [3.05, 3.63) is 52.2 Å². The Hall–Kier alpha value is -2.49. The maximum absolute atomic E-state index is 12.1. The van der Waals surface area contributed by atoms with Gasteiger partial charge in [0.15, 0.2) is 0 Å². The highest BCUT2D eigenvalue weighted by molar-refractivity contribution is 7.16. The SMILES string of the molecule is N#Cc1c(NC(=O)/C=C/c2cccnc2)sc2c1CCC(O)C2. The lowest BCUT2D eigenvalue weighted by Crippen LogP contribution is -2.17. The Bertz CT molecular complexity index is 790. The van der Waals surface area contributed by atoms with Crippen LogP contribution in [-0.4, -0.2) is 22.1 Å². The first-order valence-corrected chi connectivity index (χ1v) is 8.11. The van der Waals surface area contributed by atoms with Crippen LogP contribution in [0.3, 0.4) is 0 Å². The highest BCUT2D eigenvalue weighted by Gasteiger charge is 2.25. The van der Waals surface area contributed by atoms with E-state index >= 15 is 0 Å². The molecule has 6 heteroatoms. The van der Waals surface area contributed by atoms with Crippen LogP contribution < -0.4 is 5.32 Å². The van der Waals surface area contributed by atoms with Gasteiger partial charge in [-0.05, 0) is 36.1 Å². The minimum atomic E-state index is -0.360. The van der Waals surface area contributed by atoms with Gasteiger partial charge in [0.2, 0.25) is 5.91 Å². The highest BCUT2D eigenvalue weighted by atomic mass is 32.1. The number of anilines is 1. The summed E-state index contributed by atoms with van der Waals surface area (Å²) in [6.45, 7) is 0. The largest absolute Gasteiger partial charge is 0.393 e. The fourth-order valence-electron chi connectivity index (χ4n) is 2.57. The molecule has 2 aromatic rings. The number of fused-ring (bicyclic) bond motifs is 1. The van der Waals surface area contributed by atoms with E-state index in [9.17, 15) is 15.2 Å². The Morgan fingerprint density at radius 1 is 1.57 bits per heavy atom. The van der Waals surface area contributed by atoms with Crippen LogP contribution in [0.2, 0.25) is 0 Å². The minimum absolute atomic E-state index is 0.288. The third-order valence-corrected chi connectivity index (χ3v) is 4.87. The number of hydrogen-bond donors (Lipinski definition) is 2. The van der Waals surface area contributed by atoms with Gasteiger partial charge < -0.3 is 10.4 Å². The number of pyridine rings is 1. The number of aliphatic hydroxyl groups excluding tert-OH is 1. The summed E-state index contributed by atoms with van der Waals surface area (Å²) >= 11 is 1.38.